The van der Waals surface area contributed by atoms with Crippen LogP contribution in [0.2, 0.25) is 0 Å². The van der Waals surface area contributed by atoms with Gasteiger partial charge in [0, 0.05) is 11.5 Å². The minimum absolute atomic E-state index is 0.0860. The molecule has 0 aromatic heterocycles. The number of urea groups is 1. The second kappa shape index (κ2) is 4.34. The Morgan fingerprint density at radius 2 is 2.00 bits per heavy atom. The Balaban J connectivity index is 1.83. The van der Waals surface area contributed by atoms with Gasteiger partial charge in [-0.15, -0.1) is 0 Å². The van der Waals surface area contributed by atoms with Gasteiger partial charge in [-0.05, 0) is 42.9 Å². The molecule has 3 rings (SSSR count). The van der Waals surface area contributed by atoms with Crippen molar-refractivity contribution in [3.63, 3.8) is 0 Å². The molecule has 1 saturated carbocycles. The summed E-state index contributed by atoms with van der Waals surface area (Å²) in [5.74, 6) is 0.251. The van der Waals surface area contributed by atoms with Gasteiger partial charge in [-0.3, -0.25) is 9.69 Å². The fourth-order valence-electron chi connectivity index (χ4n) is 3.13. The molecule has 1 heterocycles. The number of rotatable bonds is 1. The summed E-state index contributed by atoms with van der Waals surface area (Å²) >= 11 is 3.42. The minimum Gasteiger partial charge on any atom is -0.323 e. The maximum atomic E-state index is 12.2. The van der Waals surface area contributed by atoms with Gasteiger partial charge in [0.1, 0.15) is 5.54 Å². The lowest BCUT2D eigenvalue weighted by Crippen LogP contribution is -2.44. The lowest BCUT2D eigenvalue weighted by Gasteiger charge is -2.20. The molecular weight excluding hydrogens is 308 g/mol. The second-order valence-electron chi connectivity index (χ2n) is 5.37. The second-order valence-corrected chi connectivity index (χ2v) is 6.28. The van der Waals surface area contributed by atoms with Gasteiger partial charge >= 0.3 is 6.03 Å². The molecule has 0 radical (unpaired) electrons. The normalized spacial score (nSPS) is 30.2. The van der Waals surface area contributed by atoms with Gasteiger partial charge in [-0.2, -0.15) is 0 Å². The van der Waals surface area contributed by atoms with Crippen LogP contribution in [0, 0.1) is 0 Å². The van der Waals surface area contributed by atoms with E-state index in [1.165, 1.54) is 10.5 Å². The Morgan fingerprint density at radius 1 is 1.32 bits per heavy atom. The molecule has 1 spiro atoms. The van der Waals surface area contributed by atoms with E-state index in [1.807, 2.05) is 12.1 Å². The van der Waals surface area contributed by atoms with Crippen LogP contribution in [-0.2, 0) is 4.79 Å². The third-order valence-electron chi connectivity index (χ3n) is 4.22. The van der Waals surface area contributed by atoms with Crippen LogP contribution in [0.25, 0.3) is 0 Å². The van der Waals surface area contributed by atoms with E-state index in [2.05, 4.69) is 33.4 Å². The van der Waals surface area contributed by atoms with Crippen molar-refractivity contribution in [2.45, 2.75) is 30.7 Å². The van der Waals surface area contributed by atoms with Crippen molar-refractivity contribution in [3.8, 4) is 0 Å². The van der Waals surface area contributed by atoms with Gasteiger partial charge in [0.2, 0.25) is 0 Å². The number of carbonyl (C=O) groups excluding carboxylic acids is 2. The molecule has 3 amide bonds. The van der Waals surface area contributed by atoms with Crippen LogP contribution in [0.4, 0.5) is 4.79 Å². The summed E-state index contributed by atoms with van der Waals surface area (Å²) in [5, 5.41) is 2.87. The minimum atomic E-state index is -0.663. The number of likely N-dealkylation sites (N-methyl/N-ethyl adjacent to an activating group) is 1. The molecule has 1 aromatic carbocycles. The zero-order valence-electron chi connectivity index (χ0n) is 10.6. The lowest BCUT2D eigenvalue weighted by atomic mass is 9.92. The molecule has 2 atom stereocenters. The molecule has 1 N–H and O–H groups in total. The fraction of sp³-hybridized carbons (Fsp3) is 0.429. The van der Waals surface area contributed by atoms with E-state index >= 15 is 0 Å². The Hall–Kier alpha value is -1.36. The van der Waals surface area contributed by atoms with Crippen LogP contribution in [0.15, 0.2) is 28.7 Å². The number of nitrogens with zero attached hydrogens (tertiary/aromatic N) is 1. The number of benzene rings is 1. The molecule has 1 aliphatic heterocycles. The molecule has 0 unspecified atom stereocenters. The first kappa shape index (κ1) is 12.7. The summed E-state index contributed by atoms with van der Waals surface area (Å²) in [5.41, 5.74) is 0.570. The largest absolute Gasteiger partial charge is 0.324 e. The summed E-state index contributed by atoms with van der Waals surface area (Å²) in [6.07, 6.45) is 2.35. The summed E-state index contributed by atoms with van der Waals surface area (Å²) in [6.45, 7) is 0. The molecule has 1 saturated heterocycles. The van der Waals surface area contributed by atoms with Crippen molar-refractivity contribution >= 4 is 27.9 Å². The van der Waals surface area contributed by atoms with E-state index in [4.69, 9.17) is 0 Å². The fourth-order valence-corrected chi connectivity index (χ4v) is 3.39. The number of imide groups is 1. The zero-order valence-corrected chi connectivity index (χ0v) is 12.2. The first-order chi connectivity index (χ1) is 9.02. The Bertz CT molecular complexity index is 543. The molecule has 4 nitrogen and oxygen atoms in total. The van der Waals surface area contributed by atoms with Crippen molar-refractivity contribution in [3.05, 3.63) is 34.3 Å². The topological polar surface area (TPSA) is 49.4 Å². The number of hydrogen-bond donors (Lipinski definition) is 1. The van der Waals surface area contributed by atoms with Crippen LogP contribution in [0.3, 0.4) is 0 Å². The summed E-state index contributed by atoms with van der Waals surface area (Å²) in [6, 6.07) is 7.92. The monoisotopic (exact) mass is 322 g/mol. The number of amides is 3. The van der Waals surface area contributed by atoms with Crippen LogP contribution in [0.1, 0.15) is 30.7 Å². The van der Waals surface area contributed by atoms with E-state index in [-0.39, 0.29) is 11.9 Å². The van der Waals surface area contributed by atoms with Crippen LogP contribution in [0.5, 0.6) is 0 Å². The van der Waals surface area contributed by atoms with Crippen molar-refractivity contribution in [2.24, 2.45) is 0 Å². The van der Waals surface area contributed by atoms with E-state index in [0.717, 1.165) is 17.3 Å². The van der Waals surface area contributed by atoms with Crippen LogP contribution < -0.4 is 5.32 Å². The SMILES string of the molecule is CN1C(=O)N[C@]2(CC[C@H](c3ccc(Br)cc3)C2)C1=O. The molecule has 0 bridgehead atoms. The van der Waals surface area contributed by atoms with E-state index in [0.29, 0.717) is 12.3 Å². The summed E-state index contributed by atoms with van der Waals surface area (Å²) in [4.78, 5) is 25.0. The first-order valence-corrected chi connectivity index (χ1v) is 7.17. The number of halogens is 1. The molecule has 19 heavy (non-hydrogen) atoms. The van der Waals surface area contributed by atoms with Crippen LogP contribution in [-0.4, -0.2) is 29.4 Å². The van der Waals surface area contributed by atoms with E-state index in [1.54, 1.807) is 7.05 Å². The van der Waals surface area contributed by atoms with Gasteiger partial charge in [-0.1, -0.05) is 28.1 Å². The number of hydrogen-bond acceptors (Lipinski definition) is 2. The van der Waals surface area contributed by atoms with Crippen molar-refractivity contribution in [1.29, 1.82) is 0 Å². The Kier molecular flexibility index (Phi) is 2.89. The molecular formula is C14H15BrN2O2. The predicted molar refractivity (Wildman–Crippen MR) is 74.8 cm³/mol. The summed E-state index contributed by atoms with van der Waals surface area (Å²) in [7, 11) is 1.54. The maximum Gasteiger partial charge on any atom is 0.324 e. The highest BCUT2D eigenvalue weighted by molar-refractivity contribution is 9.10. The van der Waals surface area contributed by atoms with Gasteiger partial charge in [0.15, 0.2) is 0 Å². The lowest BCUT2D eigenvalue weighted by molar-refractivity contribution is -0.130. The highest BCUT2D eigenvalue weighted by Crippen LogP contribution is 2.43. The molecule has 1 aliphatic carbocycles. The first-order valence-electron chi connectivity index (χ1n) is 6.38. The standard InChI is InChI=1S/C14H15BrN2O2/c1-17-12(18)14(16-13(17)19)7-6-10(8-14)9-2-4-11(15)5-3-9/h2-5,10H,6-8H2,1H3,(H,16,19)/t10-,14-/m0/s1. The van der Waals surface area contributed by atoms with Crippen molar-refractivity contribution in [2.75, 3.05) is 7.05 Å². The average Bonchev–Trinajstić information content (AvgIpc) is 2.90. The molecule has 100 valence electrons. The third kappa shape index (κ3) is 1.96. The average molecular weight is 323 g/mol. The highest BCUT2D eigenvalue weighted by atomic mass is 79.9. The molecule has 1 aromatic rings. The van der Waals surface area contributed by atoms with E-state index in [9.17, 15) is 9.59 Å². The van der Waals surface area contributed by atoms with Crippen molar-refractivity contribution in [1.82, 2.24) is 10.2 Å². The predicted octanol–water partition coefficient (Wildman–Crippen LogP) is 2.64. The quantitative estimate of drug-likeness (QED) is 0.808. The number of carbonyl (C=O) groups is 2. The Labute approximate surface area is 120 Å². The zero-order chi connectivity index (χ0) is 13.6. The maximum absolute atomic E-state index is 12.2. The smallest absolute Gasteiger partial charge is 0.323 e. The van der Waals surface area contributed by atoms with Crippen molar-refractivity contribution < 1.29 is 9.59 Å². The van der Waals surface area contributed by atoms with Gasteiger partial charge < -0.3 is 5.32 Å². The highest BCUT2D eigenvalue weighted by Gasteiger charge is 2.53. The Morgan fingerprint density at radius 3 is 2.58 bits per heavy atom. The number of nitrogens with one attached hydrogen (secondary N) is 1. The van der Waals surface area contributed by atoms with Gasteiger partial charge in [0.25, 0.3) is 5.91 Å². The van der Waals surface area contributed by atoms with Crippen LogP contribution >= 0.6 is 15.9 Å². The summed E-state index contributed by atoms with van der Waals surface area (Å²) < 4.78 is 1.05. The third-order valence-corrected chi connectivity index (χ3v) is 4.75. The molecule has 5 heteroatoms. The van der Waals surface area contributed by atoms with Gasteiger partial charge in [-0.25, -0.2) is 4.79 Å². The molecule has 2 aliphatic rings. The van der Waals surface area contributed by atoms with Gasteiger partial charge in [0.05, 0.1) is 0 Å². The van der Waals surface area contributed by atoms with E-state index < -0.39 is 5.54 Å². The molecule has 2 fully saturated rings.